The molecule has 1 aromatic rings. The minimum atomic E-state index is -2.45. The first-order valence-electron chi connectivity index (χ1n) is 6.63. The fourth-order valence-corrected chi connectivity index (χ4v) is 2.76. The van der Waals surface area contributed by atoms with Crippen LogP contribution in [0.15, 0.2) is 30.4 Å². The second-order valence-corrected chi connectivity index (χ2v) is 6.03. The molecular formula is C14H14N2O4S. The lowest BCUT2D eigenvalue weighted by Crippen LogP contribution is -2.27. The van der Waals surface area contributed by atoms with E-state index in [1.54, 1.807) is 25.3 Å². The van der Waals surface area contributed by atoms with Crippen molar-refractivity contribution in [1.29, 1.82) is 0 Å². The van der Waals surface area contributed by atoms with Crippen molar-refractivity contribution in [2.45, 2.75) is 18.8 Å². The molecule has 0 bridgehead atoms. The molecule has 1 aromatic heterocycles. The smallest absolute Gasteiger partial charge is 0.325 e. The molecule has 0 aliphatic heterocycles. The Labute approximate surface area is 123 Å². The highest BCUT2D eigenvalue weighted by Gasteiger charge is 2.29. The largest absolute Gasteiger partial charge is 0.407 e. The Bertz CT molecular complexity index is 774. The molecule has 1 fully saturated rings. The Morgan fingerprint density at radius 3 is 2.81 bits per heavy atom. The molecule has 110 valence electrons. The summed E-state index contributed by atoms with van der Waals surface area (Å²) in [6.07, 6.45) is 8.31. The standard InChI is InChI=1S/C14H14N2O4S/c1-16-13(8-11(15-16)9-6-7-9)20-14(17)10-4-2-3-5-12(10)21(18)19/h2-5,8-10H,6-7H2,1H3. The van der Waals surface area contributed by atoms with Crippen LogP contribution >= 0.6 is 0 Å². The Kier molecular flexibility index (Phi) is 3.50. The van der Waals surface area contributed by atoms with Crippen molar-refractivity contribution in [3.63, 3.8) is 0 Å². The molecule has 0 aromatic carbocycles. The number of carbonyl (C=O) groups is 1. The van der Waals surface area contributed by atoms with Crippen LogP contribution in [0.25, 0.3) is 0 Å². The quantitative estimate of drug-likeness (QED) is 0.615. The summed E-state index contributed by atoms with van der Waals surface area (Å²) in [5, 5.41) is 4.30. The summed E-state index contributed by atoms with van der Waals surface area (Å²) >= 11 is 0. The van der Waals surface area contributed by atoms with E-state index in [4.69, 9.17) is 4.74 Å². The molecule has 0 amide bonds. The highest BCUT2D eigenvalue weighted by atomic mass is 32.2. The fraction of sp³-hybridized carbons (Fsp3) is 0.357. The topological polar surface area (TPSA) is 78.3 Å². The first-order valence-corrected chi connectivity index (χ1v) is 7.70. The van der Waals surface area contributed by atoms with Crippen molar-refractivity contribution in [2.24, 2.45) is 13.0 Å². The summed E-state index contributed by atoms with van der Waals surface area (Å²) in [5.41, 5.74) is 0.913. The normalized spacial score (nSPS) is 20.6. The number of carbonyl (C=O) groups excluding carboxylic acids is 1. The van der Waals surface area contributed by atoms with E-state index in [0.29, 0.717) is 11.8 Å². The number of esters is 1. The number of hydrogen-bond donors (Lipinski definition) is 0. The maximum atomic E-state index is 12.2. The predicted molar refractivity (Wildman–Crippen MR) is 76.5 cm³/mol. The molecule has 7 heteroatoms. The summed E-state index contributed by atoms with van der Waals surface area (Å²) in [6.45, 7) is 0. The summed E-state index contributed by atoms with van der Waals surface area (Å²) in [6, 6.07) is 1.74. The lowest BCUT2D eigenvalue weighted by molar-refractivity contribution is -0.135. The zero-order valence-electron chi connectivity index (χ0n) is 11.4. The van der Waals surface area contributed by atoms with Crippen molar-refractivity contribution in [3.8, 4) is 5.88 Å². The van der Waals surface area contributed by atoms with E-state index < -0.39 is 22.2 Å². The van der Waals surface area contributed by atoms with Crippen LogP contribution < -0.4 is 4.74 Å². The second kappa shape index (κ2) is 5.33. The average Bonchev–Trinajstić information content (AvgIpc) is 3.25. The van der Waals surface area contributed by atoms with Crippen LogP contribution in [-0.4, -0.2) is 29.0 Å². The van der Waals surface area contributed by atoms with Crippen LogP contribution in [-0.2, 0) is 22.1 Å². The van der Waals surface area contributed by atoms with Gasteiger partial charge in [-0.1, -0.05) is 18.2 Å². The number of aromatic nitrogens is 2. The SMILES string of the molecule is Cn1nc(C2CC2)cc1OC(=O)C1C=CC=CC1=S(=O)=O. The molecular weight excluding hydrogens is 292 g/mol. The van der Waals surface area contributed by atoms with Crippen LogP contribution in [0.1, 0.15) is 24.5 Å². The Morgan fingerprint density at radius 2 is 2.14 bits per heavy atom. The minimum absolute atomic E-state index is 0.00656. The van der Waals surface area contributed by atoms with Gasteiger partial charge < -0.3 is 4.74 Å². The summed E-state index contributed by atoms with van der Waals surface area (Å²) < 4.78 is 29.1. The molecule has 1 unspecified atom stereocenters. The van der Waals surface area contributed by atoms with Gasteiger partial charge in [0.25, 0.3) is 0 Å². The van der Waals surface area contributed by atoms with Crippen LogP contribution in [0.5, 0.6) is 5.88 Å². The van der Waals surface area contributed by atoms with Gasteiger partial charge in [-0.05, 0) is 18.9 Å². The van der Waals surface area contributed by atoms with Gasteiger partial charge in [-0.3, -0.25) is 4.79 Å². The van der Waals surface area contributed by atoms with E-state index in [2.05, 4.69) is 5.10 Å². The van der Waals surface area contributed by atoms with Gasteiger partial charge in [0, 0.05) is 19.0 Å². The molecule has 1 atom stereocenters. The Hall–Kier alpha value is -2.15. The van der Waals surface area contributed by atoms with E-state index >= 15 is 0 Å². The molecule has 1 saturated carbocycles. The number of nitrogens with zero attached hydrogens (tertiary/aromatic N) is 2. The first-order chi connectivity index (χ1) is 10.1. The lowest BCUT2D eigenvalue weighted by atomic mass is 10.0. The number of allylic oxidation sites excluding steroid dienone is 3. The van der Waals surface area contributed by atoms with Crippen LogP contribution in [0.4, 0.5) is 0 Å². The molecule has 6 nitrogen and oxygen atoms in total. The third kappa shape index (κ3) is 2.82. The number of hydrogen-bond acceptors (Lipinski definition) is 5. The van der Waals surface area contributed by atoms with Crippen molar-refractivity contribution >= 4 is 21.1 Å². The second-order valence-electron chi connectivity index (χ2n) is 5.09. The van der Waals surface area contributed by atoms with E-state index in [9.17, 15) is 13.2 Å². The predicted octanol–water partition coefficient (Wildman–Crippen LogP) is 0.997. The summed E-state index contributed by atoms with van der Waals surface area (Å²) in [4.78, 5) is 12.2. The van der Waals surface area contributed by atoms with E-state index in [1.807, 2.05) is 0 Å². The number of aryl methyl sites for hydroxylation is 1. The lowest BCUT2D eigenvalue weighted by Gasteiger charge is -2.12. The van der Waals surface area contributed by atoms with Crippen molar-refractivity contribution < 1.29 is 17.9 Å². The third-order valence-electron chi connectivity index (χ3n) is 3.48. The number of ether oxygens (including phenoxy) is 1. The van der Waals surface area contributed by atoms with Crippen LogP contribution in [0, 0.1) is 5.92 Å². The minimum Gasteiger partial charge on any atom is -0.407 e. The van der Waals surface area contributed by atoms with E-state index in [1.165, 1.54) is 16.8 Å². The summed E-state index contributed by atoms with van der Waals surface area (Å²) in [5.74, 6) is -0.744. The first kappa shape index (κ1) is 13.8. The molecule has 0 N–H and O–H groups in total. The van der Waals surface area contributed by atoms with Gasteiger partial charge in [-0.2, -0.15) is 13.5 Å². The Morgan fingerprint density at radius 1 is 1.38 bits per heavy atom. The van der Waals surface area contributed by atoms with Crippen molar-refractivity contribution in [1.82, 2.24) is 9.78 Å². The van der Waals surface area contributed by atoms with Gasteiger partial charge >= 0.3 is 5.97 Å². The molecule has 2 aliphatic carbocycles. The van der Waals surface area contributed by atoms with Gasteiger partial charge in [-0.15, -0.1) is 0 Å². The zero-order chi connectivity index (χ0) is 15.0. The highest BCUT2D eigenvalue weighted by molar-refractivity contribution is 7.73. The average molecular weight is 306 g/mol. The van der Waals surface area contributed by atoms with Crippen molar-refractivity contribution in [3.05, 3.63) is 36.1 Å². The Balaban J connectivity index is 1.81. The number of rotatable bonds is 3. The van der Waals surface area contributed by atoms with Gasteiger partial charge in [0.1, 0.15) is 5.92 Å². The molecule has 3 rings (SSSR count). The maximum Gasteiger partial charge on any atom is 0.325 e. The molecule has 0 spiro atoms. The molecule has 0 saturated heterocycles. The third-order valence-corrected chi connectivity index (χ3v) is 4.26. The molecule has 0 radical (unpaired) electrons. The molecule has 21 heavy (non-hydrogen) atoms. The molecule has 1 heterocycles. The van der Waals surface area contributed by atoms with Gasteiger partial charge in [0.05, 0.1) is 10.6 Å². The van der Waals surface area contributed by atoms with Gasteiger partial charge in [-0.25, -0.2) is 4.68 Å². The van der Waals surface area contributed by atoms with Crippen LogP contribution in [0.2, 0.25) is 0 Å². The van der Waals surface area contributed by atoms with E-state index in [-0.39, 0.29) is 4.86 Å². The highest BCUT2D eigenvalue weighted by Crippen LogP contribution is 2.40. The van der Waals surface area contributed by atoms with Gasteiger partial charge in [0.15, 0.2) is 0 Å². The maximum absolute atomic E-state index is 12.2. The van der Waals surface area contributed by atoms with Gasteiger partial charge in [0.2, 0.25) is 16.2 Å². The van der Waals surface area contributed by atoms with E-state index in [0.717, 1.165) is 18.5 Å². The monoisotopic (exact) mass is 306 g/mol. The fourth-order valence-electron chi connectivity index (χ4n) is 2.19. The van der Waals surface area contributed by atoms with Crippen molar-refractivity contribution in [2.75, 3.05) is 0 Å². The zero-order valence-corrected chi connectivity index (χ0v) is 12.2. The van der Waals surface area contributed by atoms with Crippen LogP contribution in [0.3, 0.4) is 0 Å². The summed E-state index contributed by atoms with van der Waals surface area (Å²) in [7, 11) is -0.757. The molecule has 2 aliphatic rings.